The smallest absolute Gasteiger partial charge is 0.325 e. The van der Waals surface area contributed by atoms with Crippen LogP contribution in [0.15, 0.2) is 0 Å². The van der Waals surface area contributed by atoms with Gasteiger partial charge in [-0.15, -0.1) is 0 Å². The summed E-state index contributed by atoms with van der Waals surface area (Å²) >= 11 is 0. The number of hydrogen-bond donors (Lipinski definition) is 2. The third-order valence-corrected chi connectivity index (χ3v) is 2.38. The molecule has 0 saturated heterocycles. The van der Waals surface area contributed by atoms with Crippen LogP contribution in [-0.4, -0.2) is 47.7 Å². The molecule has 1 aromatic rings. The second-order valence-electron chi connectivity index (χ2n) is 3.56. The van der Waals surface area contributed by atoms with Crippen molar-refractivity contribution in [3.05, 3.63) is 11.4 Å². The topological polar surface area (TPSA) is 101 Å². The van der Waals surface area contributed by atoms with Crippen LogP contribution in [0, 0.1) is 0 Å². The van der Waals surface area contributed by atoms with Crippen molar-refractivity contribution in [1.82, 2.24) is 15.1 Å². The largest absolute Gasteiger partial charge is 0.468 e. The van der Waals surface area contributed by atoms with E-state index in [1.165, 1.54) is 19.1 Å². The van der Waals surface area contributed by atoms with Crippen LogP contribution in [0.5, 0.6) is 0 Å². The van der Waals surface area contributed by atoms with E-state index in [1.807, 2.05) is 6.92 Å². The molecule has 0 radical (unpaired) electrons. The number of nitrogens with one attached hydrogen (secondary N) is 1. The molecule has 7 heteroatoms. The van der Waals surface area contributed by atoms with Crippen molar-refractivity contribution in [1.29, 1.82) is 0 Å². The van der Waals surface area contributed by atoms with Crippen LogP contribution in [0.1, 0.15) is 23.1 Å². The molecule has 0 atom stereocenters. The van der Waals surface area contributed by atoms with E-state index in [1.54, 1.807) is 0 Å². The number of aryl methyl sites for hydroxylation is 1. The summed E-state index contributed by atoms with van der Waals surface area (Å²) in [5, 5.41) is 6.54. The van der Waals surface area contributed by atoms with Crippen LogP contribution < -0.4 is 5.73 Å². The van der Waals surface area contributed by atoms with Gasteiger partial charge in [0.1, 0.15) is 6.54 Å². The van der Waals surface area contributed by atoms with E-state index < -0.39 is 11.9 Å². The zero-order valence-electron chi connectivity index (χ0n) is 10.1. The first kappa shape index (κ1) is 13.0. The summed E-state index contributed by atoms with van der Waals surface area (Å²) in [5.41, 5.74) is 6.93. The van der Waals surface area contributed by atoms with Crippen molar-refractivity contribution in [2.75, 3.05) is 26.4 Å². The van der Waals surface area contributed by atoms with Crippen LogP contribution in [-0.2, 0) is 16.0 Å². The van der Waals surface area contributed by atoms with Crippen molar-refractivity contribution in [3.8, 4) is 0 Å². The molecule has 94 valence electrons. The maximum atomic E-state index is 11.9. The molecule has 0 spiro atoms. The standard InChI is InChI=1S/C10H16N4O3/c1-4-6-8(11)9(13-12-6)10(16)14(2)5-7(15)17-3/h4-5,11H2,1-3H3,(H,12,13). The number of amides is 1. The van der Waals surface area contributed by atoms with Crippen LogP contribution >= 0.6 is 0 Å². The SMILES string of the molecule is CCc1[nH]nc(C(=O)N(C)CC(=O)OC)c1N. The van der Waals surface area contributed by atoms with Gasteiger partial charge in [-0.2, -0.15) is 5.10 Å². The number of H-pyrrole nitrogens is 1. The maximum Gasteiger partial charge on any atom is 0.325 e. The van der Waals surface area contributed by atoms with Crippen molar-refractivity contribution in [2.45, 2.75) is 13.3 Å². The molecule has 0 saturated carbocycles. The average Bonchev–Trinajstić information content (AvgIpc) is 2.69. The molecule has 0 bridgehead atoms. The summed E-state index contributed by atoms with van der Waals surface area (Å²) in [6.07, 6.45) is 0.660. The molecule has 0 aliphatic carbocycles. The third kappa shape index (κ3) is 2.74. The average molecular weight is 240 g/mol. The monoisotopic (exact) mass is 240 g/mol. The first-order valence-electron chi connectivity index (χ1n) is 5.16. The van der Waals surface area contributed by atoms with E-state index in [4.69, 9.17) is 5.73 Å². The molecule has 0 aliphatic rings. The van der Waals surface area contributed by atoms with Gasteiger partial charge in [0.05, 0.1) is 18.5 Å². The number of likely N-dealkylation sites (N-methyl/N-ethyl adjacent to an activating group) is 1. The van der Waals surface area contributed by atoms with Crippen LogP contribution in [0.2, 0.25) is 0 Å². The number of carbonyl (C=O) groups excluding carboxylic acids is 2. The predicted octanol–water partition coefficient (Wildman–Crippen LogP) is -0.201. The Morgan fingerprint density at radius 1 is 1.53 bits per heavy atom. The Hall–Kier alpha value is -2.05. The van der Waals surface area contributed by atoms with Gasteiger partial charge < -0.3 is 15.4 Å². The first-order valence-corrected chi connectivity index (χ1v) is 5.16. The van der Waals surface area contributed by atoms with Crippen molar-refractivity contribution in [2.24, 2.45) is 0 Å². The second-order valence-corrected chi connectivity index (χ2v) is 3.56. The summed E-state index contributed by atoms with van der Waals surface area (Å²) in [7, 11) is 2.75. The number of anilines is 1. The zero-order valence-corrected chi connectivity index (χ0v) is 10.1. The molecular weight excluding hydrogens is 224 g/mol. The fourth-order valence-electron chi connectivity index (χ4n) is 1.33. The molecule has 0 fully saturated rings. The lowest BCUT2D eigenvalue weighted by molar-refractivity contribution is -0.141. The first-order chi connectivity index (χ1) is 8.01. The molecule has 1 heterocycles. The number of hydrogen-bond acceptors (Lipinski definition) is 5. The Kier molecular flexibility index (Phi) is 4.08. The lowest BCUT2D eigenvalue weighted by Crippen LogP contribution is -2.33. The number of esters is 1. The number of methoxy groups -OCH3 is 1. The molecule has 0 unspecified atom stereocenters. The van der Waals surface area contributed by atoms with Gasteiger partial charge in [0.25, 0.3) is 5.91 Å². The van der Waals surface area contributed by atoms with Crippen molar-refractivity contribution in [3.63, 3.8) is 0 Å². The lowest BCUT2D eigenvalue weighted by Gasteiger charge is -2.14. The number of aromatic nitrogens is 2. The molecule has 0 aromatic carbocycles. The number of nitrogens with zero attached hydrogens (tertiary/aromatic N) is 2. The van der Waals surface area contributed by atoms with E-state index in [-0.39, 0.29) is 12.2 Å². The molecule has 17 heavy (non-hydrogen) atoms. The van der Waals surface area contributed by atoms with Crippen LogP contribution in [0.25, 0.3) is 0 Å². The summed E-state index contributed by atoms with van der Waals surface area (Å²) in [6.45, 7) is 1.76. The Bertz CT molecular complexity index is 427. The summed E-state index contributed by atoms with van der Waals surface area (Å²) in [6, 6.07) is 0. The molecule has 0 aliphatic heterocycles. The Morgan fingerprint density at radius 2 is 2.18 bits per heavy atom. The highest BCUT2D eigenvalue weighted by Gasteiger charge is 2.21. The normalized spacial score (nSPS) is 10.1. The highest BCUT2D eigenvalue weighted by molar-refractivity contribution is 5.98. The molecule has 7 nitrogen and oxygen atoms in total. The quantitative estimate of drug-likeness (QED) is 0.710. The van der Waals surface area contributed by atoms with Gasteiger partial charge in [0.2, 0.25) is 0 Å². The Balaban J connectivity index is 2.81. The van der Waals surface area contributed by atoms with Crippen molar-refractivity contribution >= 4 is 17.6 Å². The van der Waals surface area contributed by atoms with Gasteiger partial charge in [0, 0.05) is 7.05 Å². The second kappa shape index (κ2) is 5.33. The van der Waals surface area contributed by atoms with Gasteiger partial charge in [-0.1, -0.05) is 6.92 Å². The van der Waals surface area contributed by atoms with Gasteiger partial charge >= 0.3 is 5.97 Å². The van der Waals surface area contributed by atoms with Gasteiger partial charge in [-0.3, -0.25) is 14.7 Å². The number of carbonyl (C=O) groups is 2. The molecule has 3 N–H and O–H groups in total. The Labute approximate surface area is 98.9 Å². The minimum atomic E-state index is -0.495. The highest BCUT2D eigenvalue weighted by Crippen LogP contribution is 2.15. The molecule has 1 rings (SSSR count). The fourth-order valence-corrected chi connectivity index (χ4v) is 1.33. The zero-order chi connectivity index (χ0) is 13.0. The van der Waals surface area contributed by atoms with E-state index >= 15 is 0 Å². The summed E-state index contributed by atoms with van der Waals surface area (Å²) < 4.78 is 4.47. The summed E-state index contributed by atoms with van der Waals surface area (Å²) in [4.78, 5) is 24.1. The van der Waals surface area contributed by atoms with Crippen LogP contribution in [0.4, 0.5) is 5.69 Å². The van der Waals surface area contributed by atoms with E-state index in [2.05, 4.69) is 14.9 Å². The van der Waals surface area contributed by atoms with E-state index in [0.717, 1.165) is 0 Å². The molecular formula is C10H16N4O3. The third-order valence-electron chi connectivity index (χ3n) is 2.38. The minimum absolute atomic E-state index is 0.133. The summed E-state index contributed by atoms with van der Waals surface area (Å²) in [5.74, 6) is -0.908. The number of aromatic amines is 1. The van der Waals surface area contributed by atoms with Crippen LogP contribution in [0.3, 0.4) is 0 Å². The van der Waals surface area contributed by atoms with E-state index in [0.29, 0.717) is 17.8 Å². The number of rotatable bonds is 4. The van der Waals surface area contributed by atoms with Crippen molar-refractivity contribution < 1.29 is 14.3 Å². The van der Waals surface area contributed by atoms with E-state index in [9.17, 15) is 9.59 Å². The minimum Gasteiger partial charge on any atom is -0.468 e. The van der Waals surface area contributed by atoms with Gasteiger partial charge in [-0.05, 0) is 6.42 Å². The Morgan fingerprint density at radius 3 is 2.65 bits per heavy atom. The fraction of sp³-hybridized carbons (Fsp3) is 0.500. The molecule has 1 aromatic heterocycles. The highest BCUT2D eigenvalue weighted by atomic mass is 16.5. The predicted molar refractivity (Wildman–Crippen MR) is 61.4 cm³/mol. The molecule has 1 amide bonds. The number of nitrogen functional groups attached to an aromatic ring is 1. The number of nitrogens with two attached hydrogens (primary N) is 1. The van der Waals surface area contributed by atoms with Gasteiger partial charge in [-0.25, -0.2) is 0 Å². The lowest BCUT2D eigenvalue weighted by atomic mass is 10.2. The van der Waals surface area contributed by atoms with Gasteiger partial charge in [0.15, 0.2) is 5.69 Å². The number of ether oxygens (including phenoxy) is 1. The maximum absolute atomic E-state index is 11.9.